The second kappa shape index (κ2) is 5.24. The van der Waals surface area contributed by atoms with E-state index in [4.69, 9.17) is 5.73 Å². The van der Waals surface area contributed by atoms with Gasteiger partial charge >= 0.3 is 0 Å². The van der Waals surface area contributed by atoms with Gasteiger partial charge in [0.05, 0.1) is 12.4 Å². The Morgan fingerprint density at radius 2 is 2.14 bits per heavy atom. The molecular weight excluding hydrogens is 280 g/mol. The number of fused-ring (bicyclic) bond motifs is 1. The van der Waals surface area contributed by atoms with Crippen LogP contribution in [-0.2, 0) is 0 Å². The monoisotopic (exact) mass is 302 g/mol. The summed E-state index contributed by atoms with van der Waals surface area (Å²) in [6, 6.07) is 0.138. The van der Waals surface area contributed by atoms with Crippen molar-refractivity contribution in [3.63, 3.8) is 0 Å². The van der Waals surface area contributed by atoms with Crippen molar-refractivity contribution in [3.05, 3.63) is 18.5 Å². The lowest BCUT2D eigenvalue weighted by molar-refractivity contribution is 0.244. The quantitative estimate of drug-likeness (QED) is 0.746. The number of nitrogens with two attached hydrogens (primary N) is 1. The summed E-state index contributed by atoms with van der Waals surface area (Å²) in [5.41, 5.74) is 7.14. The van der Waals surface area contributed by atoms with Crippen molar-refractivity contribution in [2.45, 2.75) is 38.8 Å². The molecule has 1 aliphatic carbocycles. The van der Waals surface area contributed by atoms with Crippen molar-refractivity contribution in [1.29, 1.82) is 0 Å². The predicted molar refractivity (Wildman–Crippen MR) is 86.5 cm³/mol. The molecule has 2 heterocycles. The number of nitrogen functional groups attached to an aromatic ring is 1. The van der Waals surface area contributed by atoms with Gasteiger partial charge in [0.25, 0.3) is 0 Å². The van der Waals surface area contributed by atoms with E-state index in [2.05, 4.69) is 47.1 Å². The standard InChI is InChI=1S/C15H22N6O/c1-15(2,3)20-12-11-13(19-14(16)18-12)21(8-17-11)10-5-4-9(6-10)7-22/h4-5,8-10,22H,6-7H2,1-3H3,(H3,16,18,19,20). The van der Waals surface area contributed by atoms with E-state index in [1.807, 2.05) is 10.6 Å². The highest BCUT2D eigenvalue weighted by Crippen LogP contribution is 2.31. The summed E-state index contributed by atoms with van der Waals surface area (Å²) in [6.07, 6.45) is 6.72. The number of hydrogen-bond donors (Lipinski definition) is 3. The Balaban J connectivity index is 2.03. The van der Waals surface area contributed by atoms with E-state index in [1.165, 1.54) is 0 Å². The van der Waals surface area contributed by atoms with E-state index < -0.39 is 0 Å². The molecule has 7 heteroatoms. The minimum Gasteiger partial charge on any atom is -0.396 e. The van der Waals surface area contributed by atoms with Crippen LogP contribution >= 0.6 is 0 Å². The molecule has 0 amide bonds. The van der Waals surface area contributed by atoms with Crippen LogP contribution in [-0.4, -0.2) is 36.8 Å². The highest BCUT2D eigenvalue weighted by atomic mass is 16.3. The number of imidazole rings is 1. The number of aromatic nitrogens is 4. The molecule has 2 aromatic heterocycles. The van der Waals surface area contributed by atoms with E-state index in [0.29, 0.717) is 17.0 Å². The minimum absolute atomic E-state index is 0.138. The molecule has 0 saturated carbocycles. The predicted octanol–water partition coefficient (Wildman–Crippen LogP) is 1.73. The molecule has 118 valence electrons. The average molecular weight is 302 g/mol. The smallest absolute Gasteiger partial charge is 0.224 e. The lowest BCUT2D eigenvalue weighted by atomic mass is 10.1. The van der Waals surface area contributed by atoms with Crippen molar-refractivity contribution in [3.8, 4) is 0 Å². The Bertz CT molecular complexity index is 715. The van der Waals surface area contributed by atoms with Crippen molar-refractivity contribution < 1.29 is 5.11 Å². The third kappa shape index (κ3) is 2.76. The van der Waals surface area contributed by atoms with Gasteiger partial charge in [0.2, 0.25) is 5.95 Å². The molecule has 0 radical (unpaired) electrons. The molecule has 3 rings (SSSR count). The maximum absolute atomic E-state index is 9.28. The number of rotatable bonds is 3. The summed E-state index contributed by atoms with van der Waals surface area (Å²) < 4.78 is 1.99. The van der Waals surface area contributed by atoms with Gasteiger partial charge in [-0.05, 0) is 27.2 Å². The van der Waals surface area contributed by atoms with Crippen LogP contribution in [0.2, 0.25) is 0 Å². The van der Waals surface area contributed by atoms with Gasteiger partial charge in [0.1, 0.15) is 0 Å². The third-order valence-corrected chi connectivity index (χ3v) is 3.67. The number of nitrogens with zero attached hydrogens (tertiary/aromatic N) is 4. The highest BCUT2D eigenvalue weighted by Gasteiger charge is 2.24. The minimum atomic E-state index is -0.146. The molecular formula is C15H22N6O. The average Bonchev–Trinajstić information content (AvgIpc) is 3.01. The number of anilines is 2. The van der Waals surface area contributed by atoms with Crippen LogP contribution in [0.4, 0.5) is 11.8 Å². The lowest BCUT2D eigenvalue weighted by Crippen LogP contribution is -2.27. The van der Waals surface area contributed by atoms with Crippen molar-refractivity contribution in [1.82, 2.24) is 19.5 Å². The number of aliphatic hydroxyl groups is 1. The first kappa shape index (κ1) is 14.8. The summed E-state index contributed by atoms with van der Waals surface area (Å²) in [5.74, 6) is 1.06. The zero-order valence-electron chi connectivity index (χ0n) is 13.1. The van der Waals surface area contributed by atoms with Crippen LogP contribution < -0.4 is 11.1 Å². The number of allylic oxidation sites excluding steroid dienone is 1. The molecule has 0 spiro atoms. The summed E-state index contributed by atoms with van der Waals surface area (Å²) in [7, 11) is 0. The second-order valence-electron chi connectivity index (χ2n) is 6.76. The summed E-state index contributed by atoms with van der Waals surface area (Å²) >= 11 is 0. The topological polar surface area (TPSA) is 102 Å². The maximum Gasteiger partial charge on any atom is 0.224 e. The SMILES string of the molecule is CC(C)(C)Nc1nc(N)nc2c1ncn2C1C=CC(CO)C1. The Kier molecular flexibility index (Phi) is 3.52. The molecule has 4 N–H and O–H groups in total. The Labute approximate surface area is 129 Å². The summed E-state index contributed by atoms with van der Waals surface area (Å²) in [4.78, 5) is 13.1. The number of hydrogen-bond acceptors (Lipinski definition) is 6. The van der Waals surface area contributed by atoms with E-state index in [-0.39, 0.29) is 30.1 Å². The molecule has 1 aliphatic rings. The number of aliphatic hydroxyl groups excluding tert-OH is 1. The molecule has 0 fully saturated rings. The Morgan fingerprint density at radius 3 is 2.77 bits per heavy atom. The summed E-state index contributed by atoms with van der Waals surface area (Å²) in [5, 5.41) is 12.6. The first-order chi connectivity index (χ1) is 10.4. The largest absolute Gasteiger partial charge is 0.396 e. The van der Waals surface area contributed by atoms with Gasteiger partial charge in [-0.1, -0.05) is 12.2 Å². The van der Waals surface area contributed by atoms with E-state index in [9.17, 15) is 5.11 Å². The fraction of sp³-hybridized carbons (Fsp3) is 0.533. The zero-order chi connectivity index (χ0) is 15.9. The first-order valence-electron chi connectivity index (χ1n) is 7.45. The number of nitrogens with one attached hydrogen (secondary N) is 1. The van der Waals surface area contributed by atoms with E-state index in [0.717, 1.165) is 6.42 Å². The molecule has 2 aromatic rings. The van der Waals surface area contributed by atoms with Crippen molar-refractivity contribution in [2.75, 3.05) is 17.7 Å². The van der Waals surface area contributed by atoms with Crippen LogP contribution in [0.15, 0.2) is 18.5 Å². The maximum atomic E-state index is 9.28. The molecule has 0 aromatic carbocycles. The molecule has 2 unspecified atom stereocenters. The van der Waals surface area contributed by atoms with Gasteiger partial charge in [-0.25, -0.2) is 4.98 Å². The van der Waals surface area contributed by atoms with Gasteiger partial charge in [-0.15, -0.1) is 0 Å². The van der Waals surface area contributed by atoms with Crippen LogP contribution in [0.5, 0.6) is 0 Å². The van der Waals surface area contributed by atoms with E-state index >= 15 is 0 Å². The van der Waals surface area contributed by atoms with Gasteiger partial charge in [0, 0.05) is 18.1 Å². The zero-order valence-corrected chi connectivity index (χ0v) is 13.1. The lowest BCUT2D eigenvalue weighted by Gasteiger charge is -2.21. The fourth-order valence-corrected chi connectivity index (χ4v) is 2.71. The van der Waals surface area contributed by atoms with Gasteiger partial charge in [-0.2, -0.15) is 9.97 Å². The van der Waals surface area contributed by atoms with Crippen LogP contribution in [0.25, 0.3) is 11.2 Å². The highest BCUT2D eigenvalue weighted by molar-refractivity contribution is 5.84. The van der Waals surface area contributed by atoms with Crippen molar-refractivity contribution in [2.24, 2.45) is 5.92 Å². The Morgan fingerprint density at radius 1 is 1.36 bits per heavy atom. The fourth-order valence-electron chi connectivity index (χ4n) is 2.71. The van der Waals surface area contributed by atoms with Crippen LogP contribution in [0, 0.1) is 5.92 Å². The van der Waals surface area contributed by atoms with Crippen molar-refractivity contribution >= 4 is 22.9 Å². The van der Waals surface area contributed by atoms with Gasteiger partial charge < -0.3 is 20.7 Å². The second-order valence-corrected chi connectivity index (χ2v) is 6.76. The first-order valence-corrected chi connectivity index (χ1v) is 7.45. The normalized spacial score (nSPS) is 21.6. The van der Waals surface area contributed by atoms with Crippen LogP contribution in [0.3, 0.4) is 0 Å². The van der Waals surface area contributed by atoms with Gasteiger partial charge in [0.15, 0.2) is 17.0 Å². The molecule has 2 atom stereocenters. The summed E-state index contributed by atoms with van der Waals surface area (Å²) in [6.45, 7) is 6.33. The van der Waals surface area contributed by atoms with Crippen LogP contribution in [0.1, 0.15) is 33.2 Å². The third-order valence-electron chi connectivity index (χ3n) is 3.67. The van der Waals surface area contributed by atoms with Gasteiger partial charge in [-0.3, -0.25) is 0 Å². The molecule has 0 aliphatic heterocycles. The molecule has 7 nitrogen and oxygen atoms in total. The molecule has 0 bridgehead atoms. The van der Waals surface area contributed by atoms with E-state index in [1.54, 1.807) is 6.33 Å². The molecule has 22 heavy (non-hydrogen) atoms. The Hall–Kier alpha value is -2.15. The molecule has 0 saturated heterocycles.